The van der Waals surface area contributed by atoms with E-state index in [1.165, 1.54) is 27.4 Å². The van der Waals surface area contributed by atoms with E-state index in [4.69, 9.17) is 0 Å². The second kappa shape index (κ2) is 8.81. The lowest BCUT2D eigenvalue weighted by Crippen LogP contribution is -2.11. The van der Waals surface area contributed by atoms with Gasteiger partial charge >= 0.3 is 0 Å². The molecule has 0 spiro atoms. The molecule has 1 aliphatic rings. The number of aromatic nitrogens is 2. The Balaban J connectivity index is 1.55. The summed E-state index contributed by atoms with van der Waals surface area (Å²) in [6, 6.07) is 34.3. The first kappa shape index (κ1) is 20.7. The van der Waals surface area contributed by atoms with Crippen LogP contribution in [0.1, 0.15) is 11.1 Å². The Bertz CT molecular complexity index is 1480. The molecule has 34 heavy (non-hydrogen) atoms. The number of anilines is 3. The number of hydrogen-bond donors (Lipinski definition) is 0. The molecule has 0 fully saturated rings. The van der Waals surface area contributed by atoms with Crippen LogP contribution in [0, 0.1) is 6.92 Å². The van der Waals surface area contributed by atoms with Crippen LogP contribution in [0.2, 0.25) is 0 Å². The second-order valence-corrected chi connectivity index (χ2v) is 9.44. The molecule has 0 aliphatic carbocycles. The van der Waals surface area contributed by atoms with Crippen LogP contribution in [0.4, 0.5) is 17.1 Å². The Morgan fingerprint density at radius 3 is 2.41 bits per heavy atom. The number of hydrogen-bond acceptors (Lipinski definition) is 4. The highest BCUT2D eigenvalue weighted by Gasteiger charge is 2.23. The number of nitrogens with zero attached hydrogens (tertiary/aromatic N) is 3. The largest absolute Gasteiger partial charge is 0.309 e. The van der Waals surface area contributed by atoms with Gasteiger partial charge in [0.05, 0.1) is 22.8 Å². The highest BCUT2D eigenvalue weighted by atomic mass is 32.2. The van der Waals surface area contributed by atoms with Crippen molar-refractivity contribution in [2.24, 2.45) is 0 Å². The van der Waals surface area contributed by atoms with Crippen LogP contribution in [-0.2, 0) is 5.75 Å². The smallest absolute Gasteiger partial charge is 0.0705 e. The zero-order chi connectivity index (χ0) is 22.9. The molecule has 6 rings (SSSR count). The van der Waals surface area contributed by atoms with Gasteiger partial charge in [-0.2, -0.15) is 0 Å². The van der Waals surface area contributed by atoms with E-state index in [0.717, 1.165) is 34.0 Å². The Labute approximate surface area is 204 Å². The Morgan fingerprint density at radius 2 is 1.53 bits per heavy atom. The molecule has 0 bridgehead atoms. The number of thioether (sulfide) groups is 1. The summed E-state index contributed by atoms with van der Waals surface area (Å²) in [6.07, 6.45) is 3.73. The minimum absolute atomic E-state index is 0.932. The summed E-state index contributed by atoms with van der Waals surface area (Å²) in [5.41, 5.74) is 10.2. The predicted molar refractivity (Wildman–Crippen MR) is 142 cm³/mol. The molecular formula is C30H23N3S. The third kappa shape index (κ3) is 3.87. The number of pyridine rings is 2. The molecular weight excluding hydrogens is 434 g/mol. The third-order valence-corrected chi connectivity index (χ3v) is 7.20. The summed E-state index contributed by atoms with van der Waals surface area (Å²) in [7, 11) is 0. The van der Waals surface area contributed by atoms with Gasteiger partial charge in [-0.3, -0.25) is 9.97 Å². The molecule has 0 saturated heterocycles. The molecule has 3 heterocycles. The maximum atomic E-state index is 4.64. The maximum absolute atomic E-state index is 4.64. The summed E-state index contributed by atoms with van der Waals surface area (Å²) < 4.78 is 0. The van der Waals surface area contributed by atoms with Gasteiger partial charge in [-0.25, -0.2) is 0 Å². The van der Waals surface area contributed by atoms with E-state index in [1.54, 1.807) is 0 Å². The van der Waals surface area contributed by atoms with Crippen LogP contribution in [0.3, 0.4) is 0 Å². The normalized spacial score (nSPS) is 12.6. The molecule has 3 nitrogen and oxygen atoms in total. The third-order valence-electron chi connectivity index (χ3n) is 6.09. The van der Waals surface area contributed by atoms with E-state index >= 15 is 0 Å². The summed E-state index contributed by atoms with van der Waals surface area (Å²) in [4.78, 5) is 12.9. The van der Waals surface area contributed by atoms with Crippen molar-refractivity contribution in [1.29, 1.82) is 0 Å². The van der Waals surface area contributed by atoms with Gasteiger partial charge in [0, 0.05) is 39.9 Å². The quantitative estimate of drug-likeness (QED) is 0.273. The molecule has 5 aromatic rings. The van der Waals surface area contributed by atoms with Crippen molar-refractivity contribution in [3.63, 3.8) is 0 Å². The van der Waals surface area contributed by atoms with Gasteiger partial charge < -0.3 is 4.90 Å². The average Bonchev–Trinajstić information content (AvgIpc) is 3.06. The molecule has 3 aromatic carbocycles. The average molecular weight is 458 g/mol. The first-order valence-corrected chi connectivity index (χ1v) is 12.3. The van der Waals surface area contributed by atoms with Crippen LogP contribution in [0.5, 0.6) is 0 Å². The van der Waals surface area contributed by atoms with Crippen molar-refractivity contribution in [3.05, 3.63) is 121 Å². The van der Waals surface area contributed by atoms with Crippen molar-refractivity contribution in [2.75, 3.05) is 4.90 Å². The lowest BCUT2D eigenvalue weighted by atomic mass is 10.0. The van der Waals surface area contributed by atoms with Gasteiger partial charge in [0.1, 0.15) is 0 Å². The topological polar surface area (TPSA) is 29.0 Å². The van der Waals surface area contributed by atoms with Crippen LogP contribution in [0.15, 0.2) is 114 Å². The molecule has 0 atom stereocenters. The van der Waals surface area contributed by atoms with Crippen LogP contribution in [-0.4, -0.2) is 9.97 Å². The minimum atomic E-state index is 0.932. The highest BCUT2D eigenvalue weighted by molar-refractivity contribution is 7.98. The molecule has 0 saturated carbocycles. The minimum Gasteiger partial charge on any atom is -0.309 e. The van der Waals surface area contributed by atoms with Gasteiger partial charge in [-0.1, -0.05) is 42.5 Å². The molecule has 2 aromatic heterocycles. The SMILES string of the molecule is Cc1ccnc(-c2ccc3c(c2)N(c2cccc(-c4ccccn4)c2)c2ccccc2CS3)c1. The fraction of sp³-hybridized carbons (Fsp3) is 0.0667. The summed E-state index contributed by atoms with van der Waals surface area (Å²) in [5.74, 6) is 0.932. The second-order valence-electron chi connectivity index (χ2n) is 8.42. The number of fused-ring (bicyclic) bond motifs is 2. The van der Waals surface area contributed by atoms with E-state index in [1.807, 2.05) is 42.4 Å². The Kier molecular flexibility index (Phi) is 5.36. The molecule has 164 valence electrons. The lowest BCUT2D eigenvalue weighted by molar-refractivity contribution is 1.21. The van der Waals surface area contributed by atoms with Crippen molar-refractivity contribution in [2.45, 2.75) is 17.6 Å². The number of aryl methyl sites for hydroxylation is 1. The Morgan fingerprint density at radius 1 is 0.676 bits per heavy atom. The monoisotopic (exact) mass is 457 g/mol. The summed E-state index contributed by atoms with van der Waals surface area (Å²) in [5, 5.41) is 0. The number of para-hydroxylation sites is 1. The molecule has 1 aliphatic heterocycles. The van der Waals surface area contributed by atoms with E-state index < -0.39 is 0 Å². The van der Waals surface area contributed by atoms with Crippen LogP contribution < -0.4 is 4.90 Å². The standard InChI is InChI=1S/C30H23N3S/c1-21-14-16-32-27(17-21)23-12-13-30-29(19-23)33(28-11-3-2-7-24(28)20-34-30)25-9-6-8-22(18-25)26-10-4-5-15-31-26/h2-19H,20H2,1H3. The maximum Gasteiger partial charge on any atom is 0.0705 e. The zero-order valence-electron chi connectivity index (χ0n) is 18.8. The molecule has 0 amide bonds. The first-order valence-electron chi connectivity index (χ1n) is 11.4. The molecule has 0 radical (unpaired) electrons. The highest BCUT2D eigenvalue weighted by Crippen LogP contribution is 2.48. The fourth-order valence-electron chi connectivity index (χ4n) is 4.42. The zero-order valence-corrected chi connectivity index (χ0v) is 19.7. The van der Waals surface area contributed by atoms with Crippen molar-refractivity contribution >= 4 is 28.8 Å². The first-order chi connectivity index (χ1) is 16.8. The van der Waals surface area contributed by atoms with Crippen molar-refractivity contribution in [3.8, 4) is 22.5 Å². The van der Waals surface area contributed by atoms with Crippen LogP contribution in [0.25, 0.3) is 22.5 Å². The fourth-order valence-corrected chi connectivity index (χ4v) is 5.44. The molecule has 0 N–H and O–H groups in total. The van der Waals surface area contributed by atoms with Crippen molar-refractivity contribution < 1.29 is 0 Å². The van der Waals surface area contributed by atoms with Gasteiger partial charge in [0.15, 0.2) is 0 Å². The van der Waals surface area contributed by atoms with Gasteiger partial charge in [0.25, 0.3) is 0 Å². The number of benzene rings is 3. The molecule has 0 unspecified atom stereocenters. The van der Waals surface area contributed by atoms with Gasteiger partial charge in [0.2, 0.25) is 0 Å². The summed E-state index contributed by atoms with van der Waals surface area (Å²) >= 11 is 1.88. The van der Waals surface area contributed by atoms with Gasteiger partial charge in [-0.15, -0.1) is 11.8 Å². The van der Waals surface area contributed by atoms with Gasteiger partial charge in [-0.05, 0) is 72.6 Å². The lowest BCUT2D eigenvalue weighted by Gasteiger charge is -2.27. The number of rotatable bonds is 3. The van der Waals surface area contributed by atoms with E-state index in [2.05, 4.69) is 101 Å². The molecule has 4 heteroatoms. The van der Waals surface area contributed by atoms with E-state index in [0.29, 0.717) is 0 Å². The van der Waals surface area contributed by atoms with E-state index in [-0.39, 0.29) is 0 Å². The summed E-state index contributed by atoms with van der Waals surface area (Å²) in [6.45, 7) is 2.11. The Hall–Kier alpha value is -3.89. The predicted octanol–water partition coefficient (Wildman–Crippen LogP) is 8.19. The van der Waals surface area contributed by atoms with Crippen molar-refractivity contribution in [1.82, 2.24) is 9.97 Å². The van der Waals surface area contributed by atoms with E-state index in [9.17, 15) is 0 Å². The van der Waals surface area contributed by atoms with Crippen LogP contribution >= 0.6 is 11.8 Å².